The molecule has 0 aliphatic heterocycles. The lowest BCUT2D eigenvalue weighted by atomic mass is 9.95. The largest absolute Gasteiger partial charge is 0.493 e. The lowest BCUT2D eigenvalue weighted by Crippen LogP contribution is -2.20. The van der Waals surface area contributed by atoms with Gasteiger partial charge in [-0.1, -0.05) is 18.2 Å². The SMILES string of the molecule is CCOc1ccccc1-c1ccncc1C1(N)CC1. The van der Waals surface area contributed by atoms with Crippen molar-refractivity contribution in [2.45, 2.75) is 25.3 Å². The second kappa shape index (κ2) is 4.67. The zero-order valence-electron chi connectivity index (χ0n) is 11.1. The fourth-order valence-electron chi connectivity index (χ4n) is 2.40. The molecule has 3 nitrogen and oxygen atoms in total. The zero-order chi connectivity index (χ0) is 13.3. The van der Waals surface area contributed by atoms with Crippen LogP contribution in [0, 0.1) is 0 Å². The molecule has 2 N–H and O–H groups in total. The van der Waals surface area contributed by atoms with Gasteiger partial charge in [0.25, 0.3) is 0 Å². The Morgan fingerprint density at radius 2 is 2.00 bits per heavy atom. The summed E-state index contributed by atoms with van der Waals surface area (Å²) in [6, 6.07) is 10.1. The summed E-state index contributed by atoms with van der Waals surface area (Å²) in [7, 11) is 0. The van der Waals surface area contributed by atoms with Crippen molar-refractivity contribution in [2.75, 3.05) is 6.61 Å². The Hall–Kier alpha value is -1.87. The lowest BCUT2D eigenvalue weighted by Gasteiger charge is -2.17. The molecule has 1 aromatic heterocycles. The van der Waals surface area contributed by atoms with E-state index in [1.54, 1.807) is 0 Å². The molecule has 0 bridgehead atoms. The maximum Gasteiger partial charge on any atom is 0.127 e. The van der Waals surface area contributed by atoms with Crippen molar-refractivity contribution in [2.24, 2.45) is 5.73 Å². The predicted octanol–water partition coefficient (Wildman–Crippen LogP) is 3.10. The Morgan fingerprint density at radius 3 is 2.74 bits per heavy atom. The second-order valence-corrected chi connectivity index (χ2v) is 5.01. The quantitative estimate of drug-likeness (QED) is 0.912. The molecule has 1 aliphatic carbocycles. The molecule has 0 amide bonds. The molecule has 3 heteroatoms. The molecule has 0 saturated heterocycles. The van der Waals surface area contributed by atoms with Gasteiger partial charge in [-0.05, 0) is 43.0 Å². The highest BCUT2D eigenvalue weighted by atomic mass is 16.5. The number of nitrogens with two attached hydrogens (primary N) is 1. The molecule has 0 unspecified atom stereocenters. The summed E-state index contributed by atoms with van der Waals surface area (Å²) in [4.78, 5) is 4.23. The molecule has 1 fully saturated rings. The highest BCUT2D eigenvalue weighted by Gasteiger charge is 2.42. The number of rotatable bonds is 4. The normalized spacial score (nSPS) is 16.1. The number of ether oxygens (including phenoxy) is 1. The third-order valence-electron chi connectivity index (χ3n) is 3.62. The molecule has 0 atom stereocenters. The van der Waals surface area contributed by atoms with E-state index in [-0.39, 0.29) is 5.54 Å². The molecular formula is C16H18N2O. The summed E-state index contributed by atoms with van der Waals surface area (Å²) in [6.07, 6.45) is 5.77. The highest BCUT2D eigenvalue weighted by molar-refractivity contribution is 5.74. The van der Waals surface area contributed by atoms with Crippen LogP contribution in [0.4, 0.5) is 0 Å². The number of aromatic nitrogens is 1. The summed E-state index contributed by atoms with van der Waals surface area (Å²) >= 11 is 0. The minimum atomic E-state index is -0.192. The van der Waals surface area contributed by atoms with Gasteiger partial charge in [0.05, 0.1) is 6.61 Å². The van der Waals surface area contributed by atoms with Crippen molar-refractivity contribution in [3.8, 4) is 16.9 Å². The van der Waals surface area contributed by atoms with Crippen LogP contribution in [-0.4, -0.2) is 11.6 Å². The summed E-state index contributed by atoms with van der Waals surface area (Å²) in [6.45, 7) is 2.65. The minimum Gasteiger partial charge on any atom is -0.493 e. The third-order valence-corrected chi connectivity index (χ3v) is 3.62. The molecule has 98 valence electrons. The first-order chi connectivity index (χ1) is 9.24. The maximum atomic E-state index is 6.35. The number of pyridine rings is 1. The van der Waals surface area contributed by atoms with Crippen LogP contribution in [0.1, 0.15) is 25.3 Å². The van der Waals surface area contributed by atoms with Gasteiger partial charge in [0.2, 0.25) is 0 Å². The number of para-hydroxylation sites is 1. The summed E-state index contributed by atoms with van der Waals surface area (Å²) in [5.74, 6) is 0.904. The van der Waals surface area contributed by atoms with E-state index in [0.717, 1.165) is 35.3 Å². The monoisotopic (exact) mass is 254 g/mol. The summed E-state index contributed by atoms with van der Waals surface area (Å²) in [5, 5.41) is 0. The van der Waals surface area contributed by atoms with E-state index < -0.39 is 0 Å². The number of nitrogens with zero attached hydrogens (tertiary/aromatic N) is 1. The molecule has 1 aromatic carbocycles. The van der Waals surface area contributed by atoms with E-state index in [1.807, 2.05) is 43.6 Å². The van der Waals surface area contributed by atoms with Crippen LogP contribution in [0.5, 0.6) is 5.75 Å². The van der Waals surface area contributed by atoms with Gasteiger partial charge in [-0.2, -0.15) is 0 Å². The van der Waals surface area contributed by atoms with E-state index in [2.05, 4.69) is 11.1 Å². The van der Waals surface area contributed by atoms with Gasteiger partial charge in [-0.15, -0.1) is 0 Å². The smallest absolute Gasteiger partial charge is 0.127 e. The van der Waals surface area contributed by atoms with Gasteiger partial charge in [0.1, 0.15) is 5.75 Å². The first-order valence-corrected chi connectivity index (χ1v) is 6.70. The third kappa shape index (κ3) is 2.22. The molecule has 0 radical (unpaired) electrons. The van der Waals surface area contributed by atoms with Gasteiger partial charge in [0.15, 0.2) is 0 Å². The molecule has 1 heterocycles. The topological polar surface area (TPSA) is 48.1 Å². The maximum absolute atomic E-state index is 6.35. The predicted molar refractivity (Wildman–Crippen MR) is 75.9 cm³/mol. The van der Waals surface area contributed by atoms with E-state index >= 15 is 0 Å². The molecule has 3 rings (SSSR count). The van der Waals surface area contributed by atoms with Gasteiger partial charge in [-0.3, -0.25) is 4.98 Å². The van der Waals surface area contributed by atoms with Crippen LogP contribution >= 0.6 is 0 Å². The van der Waals surface area contributed by atoms with E-state index in [9.17, 15) is 0 Å². The van der Waals surface area contributed by atoms with Crippen LogP contribution < -0.4 is 10.5 Å². The number of hydrogen-bond acceptors (Lipinski definition) is 3. The molecular weight excluding hydrogens is 236 g/mol. The van der Waals surface area contributed by atoms with Crippen molar-refractivity contribution in [3.63, 3.8) is 0 Å². The Labute approximate surface area is 113 Å². The first kappa shape index (κ1) is 12.2. The molecule has 2 aromatic rings. The Kier molecular flexibility index (Phi) is 2.99. The average Bonchev–Trinajstić information content (AvgIpc) is 3.19. The van der Waals surface area contributed by atoms with Crippen LogP contribution in [0.3, 0.4) is 0 Å². The lowest BCUT2D eigenvalue weighted by molar-refractivity contribution is 0.341. The van der Waals surface area contributed by atoms with Crippen LogP contribution in [0.2, 0.25) is 0 Å². The fraction of sp³-hybridized carbons (Fsp3) is 0.312. The standard InChI is InChI=1S/C16H18N2O/c1-2-19-15-6-4-3-5-13(15)12-7-10-18-11-14(12)16(17)8-9-16/h3-7,10-11H,2,8-9,17H2,1H3. The first-order valence-electron chi connectivity index (χ1n) is 6.70. The zero-order valence-corrected chi connectivity index (χ0v) is 11.1. The van der Waals surface area contributed by atoms with E-state index in [1.165, 1.54) is 0 Å². The summed E-state index contributed by atoms with van der Waals surface area (Å²) < 4.78 is 5.72. The van der Waals surface area contributed by atoms with Crippen LogP contribution in [0.15, 0.2) is 42.7 Å². The van der Waals surface area contributed by atoms with Crippen molar-refractivity contribution in [1.82, 2.24) is 4.98 Å². The van der Waals surface area contributed by atoms with E-state index in [4.69, 9.17) is 10.5 Å². The fourth-order valence-corrected chi connectivity index (χ4v) is 2.40. The molecule has 1 aliphatic rings. The highest BCUT2D eigenvalue weighted by Crippen LogP contribution is 2.47. The number of hydrogen-bond donors (Lipinski definition) is 1. The Balaban J connectivity index is 2.12. The minimum absolute atomic E-state index is 0.192. The summed E-state index contributed by atoms with van der Waals surface area (Å²) in [5.41, 5.74) is 9.52. The van der Waals surface area contributed by atoms with Crippen molar-refractivity contribution >= 4 is 0 Å². The Morgan fingerprint density at radius 1 is 1.21 bits per heavy atom. The van der Waals surface area contributed by atoms with Crippen molar-refractivity contribution in [3.05, 3.63) is 48.3 Å². The van der Waals surface area contributed by atoms with Gasteiger partial charge >= 0.3 is 0 Å². The van der Waals surface area contributed by atoms with Crippen LogP contribution in [-0.2, 0) is 5.54 Å². The van der Waals surface area contributed by atoms with E-state index in [0.29, 0.717) is 6.61 Å². The van der Waals surface area contributed by atoms with Gasteiger partial charge < -0.3 is 10.5 Å². The molecule has 1 saturated carbocycles. The average molecular weight is 254 g/mol. The van der Waals surface area contributed by atoms with Gasteiger partial charge in [-0.25, -0.2) is 0 Å². The van der Waals surface area contributed by atoms with Crippen molar-refractivity contribution < 1.29 is 4.74 Å². The van der Waals surface area contributed by atoms with Crippen LogP contribution in [0.25, 0.3) is 11.1 Å². The van der Waals surface area contributed by atoms with Crippen molar-refractivity contribution in [1.29, 1.82) is 0 Å². The Bertz CT molecular complexity index is 591. The van der Waals surface area contributed by atoms with Gasteiger partial charge in [0, 0.05) is 23.5 Å². The molecule has 19 heavy (non-hydrogen) atoms. The second-order valence-electron chi connectivity index (χ2n) is 5.01. The number of benzene rings is 1. The molecule has 0 spiro atoms.